The Morgan fingerprint density at radius 1 is 0.657 bits per heavy atom. The Hall–Kier alpha value is -3.45. The van der Waals surface area contributed by atoms with Crippen molar-refractivity contribution < 1.29 is 4.39 Å². The lowest BCUT2D eigenvalue weighted by Crippen LogP contribution is -1.99. The lowest BCUT2D eigenvalue weighted by molar-refractivity contribution is 0.622. The van der Waals surface area contributed by atoms with Crippen molar-refractivity contribution in [1.29, 1.82) is 0 Å². The summed E-state index contributed by atoms with van der Waals surface area (Å²) in [7, 11) is 0. The Morgan fingerprint density at radius 2 is 1.26 bits per heavy atom. The lowest BCUT2D eigenvalue weighted by atomic mass is 9.93. The Balaban J connectivity index is 1.30. The Labute approximate surface area is 210 Å². The van der Waals surface area contributed by atoms with E-state index in [2.05, 4.69) is 92.7 Å². The molecule has 0 aliphatic rings. The SMILES string of the molecule is CCCc1ccc(C=Cc2ccc(CCc3ccc(C[C@H](C)c4ccccc4)cc3)cc2F)cc1. The molecular weight excluding hydrogens is 427 g/mol. The average molecular weight is 463 g/mol. The fraction of sp³-hybridized carbons (Fsp3) is 0.235. The van der Waals surface area contributed by atoms with Crippen LogP contribution in [0.2, 0.25) is 0 Å². The van der Waals surface area contributed by atoms with E-state index in [0.717, 1.165) is 43.2 Å². The van der Waals surface area contributed by atoms with Gasteiger partial charge in [0.2, 0.25) is 0 Å². The second kappa shape index (κ2) is 12.3. The van der Waals surface area contributed by atoms with Crippen molar-refractivity contribution in [3.05, 3.63) is 142 Å². The number of hydrogen-bond donors (Lipinski definition) is 0. The number of benzene rings is 4. The van der Waals surface area contributed by atoms with Gasteiger partial charge in [0.05, 0.1) is 0 Å². The predicted molar refractivity (Wildman–Crippen MR) is 148 cm³/mol. The summed E-state index contributed by atoms with van der Waals surface area (Å²) in [4.78, 5) is 0. The maximum absolute atomic E-state index is 14.7. The summed E-state index contributed by atoms with van der Waals surface area (Å²) < 4.78 is 14.7. The first-order valence-corrected chi connectivity index (χ1v) is 12.8. The summed E-state index contributed by atoms with van der Waals surface area (Å²) in [6, 6.07) is 33.7. The molecule has 0 N–H and O–H groups in total. The molecule has 178 valence electrons. The molecule has 0 fully saturated rings. The second-order valence-electron chi connectivity index (χ2n) is 9.51. The molecule has 0 saturated carbocycles. The maximum Gasteiger partial charge on any atom is 0.130 e. The van der Waals surface area contributed by atoms with E-state index in [1.54, 1.807) is 6.07 Å². The van der Waals surface area contributed by atoms with E-state index in [0.29, 0.717) is 11.5 Å². The molecule has 0 bridgehead atoms. The first-order chi connectivity index (χ1) is 17.1. The van der Waals surface area contributed by atoms with E-state index in [-0.39, 0.29) is 5.82 Å². The van der Waals surface area contributed by atoms with Crippen LogP contribution < -0.4 is 0 Å². The lowest BCUT2D eigenvalue weighted by Gasteiger charge is -2.12. The molecule has 4 rings (SSSR count). The summed E-state index contributed by atoms with van der Waals surface area (Å²) >= 11 is 0. The van der Waals surface area contributed by atoms with Crippen molar-refractivity contribution in [3.63, 3.8) is 0 Å². The van der Waals surface area contributed by atoms with Gasteiger partial charge >= 0.3 is 0 Å². The number of aryl methyl sites for hydroxylation is 3. The molecule has 0 aliphatic heterocycles. The van der Waals surface area contributed by atoms with Crippen LogP contribution in [0, 0.1) is 5.82 Å². The Morgan fingerprint density at radius 3 is 1.94 bits per heavy atom. The number of hydrogen-bond acceptors (Lipinski definition) is 0. The summed E-state index contributed by atoms with van der Waals surface area (Å²) in [5, 5.41) is 0. The normalized spacial score (nSPS) is 12.2. The molecular formula is C34H35F. The third kappa shape index (κ3) is 7.26. The van der Waals surface area contributed by atoms with Crippen molar-refractivity contribution in [2.24, 2.45) is 0 Å². The van der Waals surface area contributed by atoms with E-state index in [1.807, 2.05) is 24.3 Å². The monoisotopic (exact) mass is 462 g/mol. The molecule has 0 amide bonds. The topological polar surface area (TPSA) is 0 Å². The van der Waals surface area contributed by atoms with Crippen LogP contribution in [-0.2, 0) is 25.7 Å². The highest BCUT2D eigenvalue weighted by molar-refractivity contribution is 5.70. The fourth-order valence-electron chi connectivity index (χ4n) is 4.52. The molecule has 0 saturated heterocycles. The zero-order valence-electron chi connectivity index (χ0n) is 20.9. The summed E-state index contributed by atoms with van der Waals surface area (Å²) in [5.41, 5.74) is 8.12. The van der Waals surface area contributed by atoms with Gasteiger partial charge in [0.15, 0.2) is 0 Å². The van der Waals surface area contributed by atoms with Gasteiger partial charge in [0.1, 0.15) is 5.82 Å². The van der Waals surface area contributed by atoms with Crippen molar-refractivity contribution in [3.8, 4) is 0 Å². The van der Waals surface area contributed by atoms with Crippen LogP contribution in [0.15, 0.2) is 97.1 Å². The molecule has 0 nitrogen and oxygen atoms in total. The minimum atomic E-state index is -0.161. The van der Waals surface area contributed by atoms with Crippen molar-refractivity contribution in [2.75, 3.05) is 0 Å². The largest absolute Gasteiger partial charge is 0.206 e. The predicted octanol–water partition coefficient (Wildman–Crippen LogP) is 9.08. The zero-order chi connectivity index (χ0) is 24.5. The summed E-state index contributed by atoms with van der Waals surface area (Å²) in [6.07, 6.45) is 8.86. The van der Waals surface area contributed by atoms with Gasteiger partial charge in [-0.2, -0.15) is 0 Å². The van der Waals surface area contributed by atoms with Crippen LogP contribution in [0.3, 0.4) is 0 Å². The first-order valence-electron chi connectivity index (χ1n) is 12.8. The molecule has 1 atom stereocenters. The number of halogens is 1. The van der Waals surface area contributed by atoms with Gasteiger partial charge in [-0.05, 0) is 71.0 Å². The van der Waals surface area contributed by atoms with Crippen molar-refractivity contribution >= 4 is 12.2 Å². The minimum Gasteiger partial charge on any atom is -0.206 e. The van der Waals surface area contributed by atoms with E-state index < -0.39 is 0 Å². The van der Waals surface area contributed by atoms with E-state index in [1.165, 1.54) is 22.3 Å². The average Bonchev–Trinajstić information content (AvgIpc) is 2.89. The van der Waals surface area contributed by atoms with Gasteiger partial charge < -0.3 is 0 Å². The van der Waals surface area contributed by atoms with Crippen LogP contribution in [0.1, 0.15) is 65.1 Å². The Bertz CT molecular complexity index is 1220. The van der Waals surface area contributed by atoms with Crippen LogP contribution in [0.25, 0.3) is 12.2 Å². The highest BCUT2D eigenvalue weighted by atomic mass is 19.1. The van der Waals surface area contributed by atoms with E-state index >= 15 is 0 Å². The molecule has 0 aliphatic carbocycles. The van der Waals surface area contributed by atoms with Crippen LogP contribution in [0.5, 0.6) is 0 Å². The molecule has 0 unspecified atom stereocenters. The van der Waals surface area contributed by atoms with Crippen LogP contribution in [-0.4, -0.2) is 0 Å². The van der Waals surface area contributed by atoms with Crippen molar-refractivity contribution in [2.45, 2.75) is 51.9 Å². The Kier molecular flexibility index (Phi) is 8.68. The van der Waals surface area contributed by atoms with Crippen LogP contribution in [0.4, 0.5) is 4.39 Å². The van der Waals surface area contributed by atoms with Crippen molar-refractivity contribution in [1.82, 2.24) is 0 Å². The molecule has 4 aromatic carbocycles. The van der Waals surface area contributed by atoms with Gasteiger partial charge in [-0.3, -0.25) is 0 Å². The van der Waals surface area contributed by atoms with E-state index in [9.17, 15) is 4.39 Å². The molecule has 4 aromatic rings. The van der Waals surface area contributed by atoms with Gasteiger partial charge in [-0.25, -0.2) is 4.39 Å². The second-order valence-corrected chi connectivity index (χ2v) is 9.51. The molecule has 0 spiro atoms. The summed E-state index contributed by atoms with van der Waals surface area (Å²) in [5.74, 6) is 0.338. The quantitative estimate of drug-likeness (QED) is 0.206. The molecule has 1 heteroatoms. The highest BCUT2D eigenvalue weighted by Crippen LogP contribution is 2.21. The first kappa shape index (κ1) is 24.7. The molecule has 35 heavy (non-hydrogen) atoms. The third-order valence-electron chi connectivity index (χ3n) is 6.67. The van der Waals surface area contributed by atoms with E-state index in [4.69, 9.17) is 0 Å². The number of rotatable bonds is 10. The summed E-state index contributed by atoms with van der Waals surface area (Å²) in [6.45, 7) is 4.46. The molecule has 0 heterocycles. The third-order valence-corrected chi connectivity index (χ3v) is 6.67. The minimum absolute atomic E-state index is 0.161. The molecule has 0 aromatic heterocycles. The molecule has 0 radical (unpaired) electrons. The van der Waals surface area contributed by atoms with Crippen LogP contribution >= 0.6 is 0 Å². The highest BCUT2D eigenvalue weighted by Gasteiger charge is 2.07. The maximum atomic E-state index is 14.7. The smallest absolute Gasteiger partial charge is 0.130 e. The van der Waals surface area contributed by atoms with Gasteiger partial charge in [-0.15, -0.1) is 0 Å². The van der Waals surface area contributed by atoms with Gasteiger partial charge in [0.25, 0.3) is 0 Å². The van der Waals surface area contributed by atoms with Gasteiger partial charge in [0, 0.05) is 5.56 Å². The fourth-order valence-corrected chi connectivity index (χ4v) is 4.52. The van der Waals surface area contributed by atoms with Gasteiger partial charge in [-0.1, -0.05) is 123 Å². The standard InChI is InChI=1S/C34H35F/c1-3-7-27-10-12-29(13-11-27)20-22-33-23-21-31(25-34(33)35)19-16-28-14-17-30(18-15-28)24-26(2)32-8-5-4-6-9-32/h4-6,8-15,17-18,20-23,25-26H,3,7,16,19,24H2,1-2H3/t26-/m0/s1. The zero-order valence-corrected chi connectivity index (χ0v) is 20.9.